The Morgan fingerprint density at radius 3 is 2.55 bits per heavy atom. The lowest BCUT2D eigenvalue weighted by molar-refractivity contribution is -0.133. The van der Waals surface area contributed by atoms with Crippen LogP contribution in [0.15, 0.2) is 72.8 Å². The molecule has 1 saturated heterocycles. The predicted octanol–water partition coefficient (Wildman–Crippen LogP) is 3.84. The number of hydrogen-bond acceptors (Lipinski definition) is 6. The molecule has 6 rings (SSSR count). The summed E-state index contributed by atoms with van der Waals surface area (Å²) in [6, 6.07) is 21.1. The Bertz CT molecular complexity index is 1440. The number of nitrogens with one attached hydrogen (secondary N) is 2. The highest BCUT2D eigenvalue weighted by Gasteiger charge is 2.34. The molecular formula is C33H35N3O6. The second-order valence-corrected chi connectivity index (χ2v) is 10.7. The number of aryl methyl sites for hydroxylation is 1. The van der Waals surface area contributed by atoms with Crippen molar-refractivity contribution in [3.63, 3.8) is 0 Å². The molecule has 3 amide bonds. The second kappa shape index (κ2) is 13.3. The molecule has 0 aromatic heterocycles. The topological polar surface area (TPSA) is 114 Å². The Hall–Kier alpha value is -4.66. The van der Waals surface area contributed by atoms with Gasteiger partial charge in [0, 0.05) is 50.0 Å². The van der Waals surface area contributed by atoms with Gasteiger partial charge in [0.15, 0.2) is 12.4 Å². The summed E-state index contributed by atoms with van der Waals surface area (Å²) < 4.78 is 12.1. The van der Waals surface area contributed by atoms with Gasteiger partial charge in [-0.1, -0.05) is 48.5 Å². The molecule has 0 unspecified atom stereocenters. The summed E-state index contributed by atoms with van der Waals surface area (Å²) in [5.74, 6) is 0.450. The molecule has 0 spiro atoms. The number of fused-ring (bicyclic) bond motifs is 7. The average Bonchev–Trinajstić information content (AvgIpc) is 3.01. The first kappa shape index (κ1) is 28.9. The van der Waals surface area contributed by atoms with Crippen LogP contribution >= 0.6 is 0 Å². The Morgan fingerprint density at radius 1 is 0.976 bits per heavy atom. The van der Waals surface area contributed by atoms with Crippen LogP contribution in [0, 0.1) is 6.92 Å². The lowest BCUT2D eigenvalue weighted by atomic mass is 9.99. The third-order valence-corrected chi connectivity index (χ3v) is 7.62. The number of carbonyl (C=O) groups is 4. The highest BCUT2D eigenvalue weighted by atomic mass is 16.5. The average molecular weight is 570 g/mol. The summed E-state index contributed by atoms with van der Waals surface area (Å²) in [5, 5.41) is 5.91. The molecule has 1 fully saturated rings. The number of carbonyl (C=O) groups excluding carboxylic acids is 4. The number of ether oxygens (including phenoxy) is 2. The normalized spacial score (nSPS) is 18.9. The SMILES string of the molecule is Cc1ccc2cc1OCC(=O)NCc1ccc(cc1)O[C@H]1CCN(C(=O)CCCC(=O)c3ccccc3)C[C@@H]1NC2=O. The molecule has 4 bridgehead atoms. The van der Waals surface area contributed by atoms with Crippen LogP contribution in [0.4, 0.5) is 0 Å². The van der Waals surface area contributed by atoms with E-state index in [0.29, 0.717) is 55.0 Å². The van der Waals surface area contributed by atoms with E-state index in [0.717, 1.165) is 11.1 Å². The molecule has 9 heteroatoms. The van der Waals surface area contributed by atoms with Gasteiger partial charge in [-0.2, -0.15) is 0 Å². The summed E-state index contributed by atoms with van der Waals surface area (Å²) >= 11 is 0. The number of benzene rings is 3. The van der Waals surface area contributed by atoms with Gasteiger partial charge in [0.1, 0.15) is 17.6 Å². The minimum Gasteiger partial charge on any atom is -0.488 e. The van der Waals surface area contributed by atoms with E-state index in [9.17, 15) is 19.2 Å². The summed E-state index contributed by atoms with van der Waals surface area (Å²) in [4.78, 5) is 53.1. The Labute approximate surface area is 245 Å². The van der Waals surface area contributed by atoms with Gasteiger partial charge in [-0.3, -0.25) is 19.2 Å². The maximum atomic E-state index is 13.4. The zero-order valence-electron chi connectivity index (χ0n) is 23.6. The maximum Gasteiger partial charge on any atom is 0.258 e. The van der Waals surface area contributed by atoms with Crippen molar-refractivity contribution in [2.75, 3.05) is 19.7 Å². The maximum absolute atomic E-state index is 13.4. The van der Waals surface area contributed by atoms with Gasteiger partial charge in [-0.05, 0) is 48.7 Å². The summed E-state index contributed by atoms with van der Waals surface area (Å²) in [6.07, 6.45) is 1.16. The van der Waals surface area contributed by atoms with Crippen molar-refractivity contribution in [1.82, 2.24) is 15.5 Å². The highest BCUT2D eigenvalue weighted by Crippen LogP contribution is 2.24. The number of ketones is 1. The van der Waals surface area contributed by atoms with Gasteiger partial charge in [0.05, 0.1) is 6.04 Å². The zero-order chi connectivity index (χ0) is 29.5. The standard InChI is InChI=1S/C33H35N3O6/c1-22-10-13-25-18-30(22)41-21-31(38)34-19-23-11-14-26(15-12-23)42-29-16-17-36(20-27(29)35-33(25)40)32(39)9-5-8-28(37)24-6-3-2-4-7-24/h2-4,6-7,10-15,18,27,29H,5,8-9,16-17,19-21H2,1H3,(H,34,38)(H,35,40)/t27-,29-/m0/s1. The van der Waals surface area contributed by atoms with Crippen LogP contribution in [-0.2, 0) is 16.1 Å². The molecule has 2 atom stereocenters. The number of piperidine rings is 1. The van der Waals surface area contributed by atoms with Crippen LogP contribution in [0.3, 0.4) is 0 Å². The van der Waals surface area contributed by atoms with Crippen LogP contribution in [0.2, 0.25) is 0 Å². The van der Waals surface area contributed by atoms with E-state index in [2.05, 4.69) is 10.6 Å². The number of likely N-dealkylation sites (tertiary alicyclic amines) is 1. The molecular weight excluding hydrogens is 534 g/mol. The van der Waals surface area contributed by atoms with Crippen molar-refractivity contribution >= 4 is 23.5 Å². The van der Waals surface area contributed by atoms with Crippen molar-refractivity contribution in [2.24, 2.45) is 0 Å². The van der Waals surface area contributed by atoms with Gasteiger partial charge in [-0.15, -0.1) is 0 Å². The molecule has 9 nitrogen and oxygen atoms in total. The number of hydrogen-bond donors (Lipinski definition) is 2. The van der Waals surface area contributed by atoms with E-state index in [1.807, 2.05) is 49.4 Å². The van der Waals surface area contributed by atoms with Gasteiger partial charge in [-0.25, -0.2) is 0 Å². The molecule has 42 heavy (non-hydrogen) atoms. The van der Waals surface area contributed by atoms with Gasteiger partial charge >= 0.3 is 0 Å². The van der Waals surface area contributed by atoms with Crippen molar-refractivity contribution in [2.45, 2.75) is 51.3 Å². The van der Waals surface area contributed by atoms with Gasteiger partial charge in [0.25, 0.3) is 11.8 Å². The molecule has 0 saturated carbocycles. The van der Waals surface area contributed by atoms with Crippen LogP contribution in [0.5, 0.6) is 11.5 Å². The minimum atomic E-state index is -0.467. The molecule has 2 N–H and O–H groups in total. The molecule has 3 aliphatic heterocycles. The van der Waals surface area contributed by atoms with Crippen LogP contribution in [0.25, 0.3) is 0 Å². The fraction of sp³-hybridized carbons (Fsp3) is 0.333. The third kappa shape index (κ3) is 7.34. The second-order valence-electron chi connectivity index (χ2n) is 10.7. The van der Waals surface area contributed by atoms with Crippen molar-refractivity contribution in [1.29, 1.82) is 0 Å². The van der Waals surface area contributed by atoms with E-state index >= 15 is 0 Å². The van der Waals surface area contributed by atoms with Gasteiger partial charge in [0.2, 0.25) is 5.91 Å². The number of rotatable bonds is 5. The summed E-state index contributed by atoms with van der Waals surface area (Å²) in [6.45, 7) is 2.79. The lowest BCUT2D eigenvalue weighted by Crippen LogP contribution is -2.58. The van der Waals surface area contributed by atoms with Crippen molar-refractivity contribution in [3.05, 3.63) is 95.1 Å². The highest BCUT2D eigenvalue weighted by molar-refractivity contribution is 5.96. The lowest BCUT2D eigenvalue weighted by Gasteiger charge is -2.39. The molecule has 0 aliphatic carbocycles. The number of amides is 3. The smallest absolute Gasteiger partial charge is 0.258 e. The number of Topliss-reactive ketones (excluding diaryl/α,β-unsaturated/α-hetero) is 1. The molecule has 3 aromatic rings. The fourth-order valence-corrected chi connectivity index (χ4v) is 5.17. The zero-order valence-corrected chi connectivity index (χ0v) is 23.6. The van der Waals surface area contributed by atoms with E-state index in [-0.39, 0.29) is 49.2 Å². The van der Waals surface area contributed by atoms with Gasteiger partial charge < -0.3 is 25.0 Å². The molecule has 3 aromatic carbocycles. The molecule has 0 radical (unpaired) electrons. The summed E-state index contributed by atoms with van der Waals surface area (Å²) in [5.41, 5.74) is 2.74. The Kier molecular flexibility index (Phi) is 9.16. The van der Waals surface area contributed by atoms with E-state index in [4.69, 9.17) is 9.47 Å². The van der Waals surface area contributed by atoms with Crippen LogP contribution in [0.1, 0.15) is 57.5 Å². The van der Waals surface area contributed by atoms with E-state index < -0.39 is 6.04 Å². The predicted molar refractivity (Wildman–Crippen MR) is 156 cm³/mol. The van der Waals surface area contributed by atoms with Crippen LogP contribution < -0.4 is 20.1 Å². The van der Waals surface area contributed by atoms with Crippen molar-refractivity contribution in [3.8, 4) is 11.5 Å². The Morgan fingerprint density at radius 2 is 1.76 bits per heavy atom. The first-order valence-corrected chi connectivity index (χ1v) is 14.3. The van der Waals surface area contributed by atoms with Crippen LogP contribution in [-0.4, -0.2) is 60.2 Å². The third-order valence-electron chi connectivity index (χ3n) is 7.62. The molecule has 3 aliphatic rings. The monoisotopic (exact) mass is 569 g/mol. The quantitative estimate of drug-likeness (QED) is 0.452. The van der Waals surface area contributed by atoms with E-state index in [1.165, 1.54) is 0 Å². The fourth-order valence-electron chi connectivity index (χ4n) is 5.17. The van der Waals surface area contributed by atoms with Crippen molar-refractivity contribution < 1.29 is 28.7 Å². The first-order chi connectivity index (χ1) is 20.4. The largest absolute Gasteiger partial charge is 0.488 e. The number of nitrogens with zero attached hydrogens (tertiary/aromatic N) is 1. The summed E-state index contributed by atoms with van der Waals surface area (Å²) in [7, 11) is 0. The first-order valence-electron chi connectivity index (χ1n) is 14.3. The molecule has 3 heterocycles. The van der Waals surface area contributed by atoms with E-state index in [1.54, 1.807) is 35.2 Å². The minimum absolute atomic E-state index is 0.0172. The Balaban J connectivity index is 1.30. The molecule has 218 valence electrons.